The number of methoxy groups -OCH3 is 1. The Morgan fingerprint density at radius 1 is 1.48 bits per heavy atom. The number of anilines is 3. The van der Waals surface area contributed by atoms with E-state index >= 15 is 0 Å². The van der Waals surface area contributed by atoms with Gasteiger partial charge in [-0.2, -0.15) is 0 Å². The Morgan fingerprint density at radius 2 is 2.09 bits per heavy atom. The van der Waals surface area contributed by atoms with E-state index in [1.807, 2.05) is 0 Å². The molecule has 1 aromatic carbocycles. The first-order chi connectivity index (χ1) is 10.6. The van der Waals surface area contributed by atoms with Crippen LogP contribution in [0.3, 0.4) is 0 Å². The number of ether oxygens (including phenoxy) is 1. The van der Waals surface area contributed by atoms with Gasteiger partial charge in [-0.05, 0) is 6.07 Å². The average Bonchev–Trinajstić information content (AvgIpc) is 2.42. The maximum absolute atomic E-state index is 11.9. The molecule has 0 aliphatic carbocycles. The Kier molecular flexibility index (Phi) is 5.96. The standard InChI is InChI=1S/C13H18N3O6S/c1-5-6-15(23(4,20)21)11-8-13(22-3)10(14-9(2)17)7-12(11)16(18)19/h5,7-8,18H,1,6H2,2-4H3,(H,14,17)/q-1. The molecule has 0 spiro atoms. The van der Waals surface area contributed by atoms with Gasteiger partial charge in [0.2, 0.25) is 15.9 Å². The maximum Gasteiger partial charge on any atom is 0.232 e. The first-order valence-electron chi connectivity index (χ1n) is 6.36. The van der Waals surface area contributed by atoms with E-state index in [-0.39, 0.29) is 29.4 Å². The Bertz CT molecular complexity index is 702. The van der Waals surface area contributed by atoms with Crippen LogP contribution >= 0.6 is 0 Å². The first-order valence-corrected chi connectivity index (χ1v) is 8.21. The molecule has 1 aromatic rings. The van der Waals surface area contributed by atoms with Crippen LogP contribution in [0, 0.1) is 5.21 Å². The molecule has 2 N–H and O–H groups in total. The zero-order valence-electron chi connectivity index (χ0n) is 12.9. The quantitative estimate of drug-likeness (QED) is 0.564. The topological polar surface area (TPSA) is 122 Å². The summed E-state index contributed by atoms with van der Waals surface area (Å²) in [5.41, 5.74) is -0.376. The molecule has 0 atom stereocenters. The number of nitrogens with zero attached hydrogens (tertiary/aromatic N) is 2. The van der Waals surface area contributed by atoms with E-state index < -0.39 is 21.2 Å². The number of carbonyl (C=O) groups is 1. The fourth-order valence-electron chi connectivity index (χ4n) is 1.90. The van der Waals surface area contributed by atoms with Gasteiger partial charge in [0.15, 0.2) is 0 Å². The number of sulfonamides is 1. The van der Waals surface area contributed by atoms with Crippen LogP contribution in [0.1, 0.15) is 6.92 Å². The first kappa shape index (κ1) is 18.7. The van der Waals surface area contributed by atoms with Gasteiger partial charge in [-0.3, -0.25) is 14.3 Å². The second-order valence-corrected chi connectivity index (χ2v) is 6.48. The lowest BCUT2D eigenvalue weighted by molar-refractivity contribution is -0.114. The fraction of sp³-hybridized carbons (Fsp3) is 0.308. The molecule has 0 saturated carbocycles. The van der Waals surface area contributed by atoms with Crippen LogP contribution in [0.25, 0.3) is 0 Å². The highest BCUT2D eigenvalue weighted by atomic mass is 32.2. The molecule has 1 amide bonds. The molecule has 10 heteroatoms. The molecule has 0 aromatic heterocycles. The van der Waals surface area contributed by atoms with Crippen molar-refractivity contribution in [3.05, 3.63) is 30.0 Å². The normalized spacial score (nSPS) is 10.8. The molecule has 0 bridgehead atoms. The van der Waals surface area contributed by atoms with Crippen molar-refractivity contribution >= 4 is 33.0 Å². The average molecular weight is 344 g/mol. The number of nitrogens with one attached hydrogen (secondary N) is 1. The van der Waals surface area contributed by atoms with E-state index in [0.29, 0.717) is 0 Å². The number of hydrogen-bond acceptors (Lipinski definition) is 7. The van der Waals surface area contributed by atoms with Gasteiger partial charge in [-0.25, -0.2) is 8.42 Å². The largest absolute Gasteiger partial charge is 0.733 e. The van der Waals surface area contributed by atoms with E-state index in [1.54, 1.807) is 0 Å². The number of amides is 1. The van der Waals surface area contributed by atoms with Gasteiger partial charge in [-0.15, -0.1) is 6.58 Å². The van der Waals surface area contributed by atoms with Gasteiger partial charge in [0.25, 0.3) is 0 Å². The molecule has 0 aliphatic rings. The highest BCUT2D eigenvalue weighted by Crippen LogP contribution is 2.39. The zero-order chi connectivity index (χ0) is 17.8. The molecule has 0 heterocycles. The van der Waals surface area contributed by atoms with Gasteiger partial charge in [-0.1, -0.05) is 6.08 Å². The predicted octanol–water partition coefficient (Wildman–Crippen LogP) is 1.30. The molecule has 0 radical (unpaired) electrons. The third kappa shape index (κ3) is 4.58. The van der Waals surface area contributed by atoms with E-state index in [1.165, 1.54) is 26.2 Å². The third-order valence-corrected chi connectivity index (χ3v) is 3.92. The van der Waals surface area contributed by atoms with Crippen LogP contribution in [-0.4, -0.2) is 39.4 Å². The minimum absolute atomic E-state index is 0.112. The van der Waals surface area contributed by atoms with Crippen LogP contribution in [0.5, 0.6) is 5.75 Å². The molecule has 9 nitrogen and oxygen atoms in total. The summed E-state index contributed by atoms with van der Waals surface area (Å²) in [5.74, 6) is -0.304. The molecular formula is C13H18N3O6S-. The fourth-order valence-corrected chi connectivity index (χ4v) is 2.78. The molecule has 23 heavy (non-hydrogen) atoms. The van der Waals surface area contributed by atoms with Crippen molar-refractivity contribution in [3.8, 4) is 5.75 Å². The molecule has 0 fully saturated rings. The Morgan fingerprint density at radius 3 is 2.48 bits per heavy atom. The second kappa shape index (κ2) is 7.31. The lowest BCUT2D eigenvalue weighted by atomic mass is 10.2. The summed E-state index contributed by atoms with van der Waals surface area (Å²) in [4.78, 5) is 11.2. The van der Waals surface area contributed by atoms with E-state index in [9.17, 15) is 23.6 Å². The number of carbonyl (C=O) groups excluding carboxylic acids is 1. The van der Waals surface area contributed by atoms with Crippen LogP contribution in [0.15, 0.2) is 24.8 Å². The summed E-state index contributed by atoms with van der Waals surface area (Å²) in [7, 11) is -2.44. The monoisotopic (exact) mass is 344 g/mol. The van der Waals surface area contributed by atoms with Crippen molar-refractivity contribution in [2.24, 2.45) is 0 Å². The zero-order valence-corrected chi connectivity index (χ0v) is 13.8. The van der Waals surface area contributed by atoms with Gasteiger partial charge in [0.1, 0.15) is 5.75 Å². The Labute approximate surface area is 134 Å². The summed E-state index contributed by atoms with van der Waals surface area (Å²) in [6, 6.07) is 2.34. The molecule has 1 rings (SSSR count). The lowest BCUT2D eigenvalue weighted by Crippen LogP contribution is -2.31. The van der Waals surface area contributed by atoms with Gasteiger partial charge < -0.3 is 20.5 Å². The second-order valence-electron chi connectivity index (χ2n) is 4.58. The van der Waals surface area contributed by atoms with E-state index in [2.05, 4.69) is 11.9 Å². The van der Waals surface area contributed by atoms with Crippen LogP contribution in [0.2, 0.25) is 0 Å². The molecule has 0 saturated heterocycles. The number of hydrogen-bond donors (Lipinski definition) is 2. The minimum Gasteiger partial charge on any atom is -0.733 e. The van der Waals surface area contributed by atoms with Crippen molar-refractivity contribution < 1.29 is 23.2 Å². The third-order valence-electron chi connectivity index (χ3n) is 2.78. The van der Waals surface area contributed by atoms with Crippen molar-refractivity contribution in [3.63, 3.8) is 0 Å². The Balaban J connectivity index is 3.62. The summed E-state index contributed by atoms with van der Waals surface area (Å²) in [6.45, 7) is 4.59. The molecule has 128 valence electrons. The SMILES string of the molecule is C=CCN(c1cc(OC)c(NC(C)=O)cc1N([O-])O)S(C)(=O)=O. The van der Waals surface area contributed by atoms with Crippen molar-refractivity contribution in [1.29, 1.82) is 0 Å². The highest BCUT2D eigenvalue weighted by Gasteiger charge is 2.22. The lowest BCUT2D eigenvalue weighted by Gasteiger charge is -2.31. The maximum atomic E-state index is 11.9. The summed E-state index contributed by atoms with van der Waals surface area (Å²) >= 11 is 0. The van der Waals surface area contributed by atoms with Gasteiger partial charge in [0, 0.05) is 13.0 Å². The highest BCUT2D eigenvalue weighted by molar-refractivity contribution is 7.92. The molecular weight excluding hydrogens is 326 g/mol. The minimum atomic E-state index is -3.75. The smallest absolute Gasteiger partial charge is 0.232 e. The van der Waals surface area contributed by atoms with E-state index in [0.717, 1.165) is 16.6 Å². The van der Waals surface area contributed by atoms with Crippen LogP contribution < -0.4 is 19.6 Å². The Hall–Kier alpha value is -2.30. The number of rotatable bonds is 7. The van der Waals surface area contributed by atoms with Crippen molar-refractivity contribution in [2.45, 2.75) is 6.92 Å². The summed E-state index contributed by atoms with van der Waals surface area (Å²) < 4.78 is 29.8. The summed E-state index contributed by atoms with van der Waals surface area (Å²) in [6.07, 6.45) is 2.27. The number of benzene rings is 1. The molecule has 0 aliphatic heterocycles. The summed E-state index contributed by atoms with van der Waals surface area (Å²) in [5, 5.41) is 22.6. The van der Waals surface area contributed by atoms with E-state index in [4.69, 9.17) is 4.74 Å². The van der Waals surface area contributed by atoms with Crippen molar-refractivity contribution in [2.75, 3.05) is 34.8 Å². The van der Waals surface area contributed by atoms with Crippen LogP contribution in [-0.2, 0) is 14.8 Å². The van der Waals surface area contributed by atoms with Crippen molar-refractivity contribution in [1.82, 2.24) is 0 Å². The predicted molar refractivity (Wildman–Crippen MR) is 87.3 cm³/mol. The van der Waals surface area contributed by atoms with Gasteiger partial charge in [0.05, 0.1) is 37.0 Å². The van der Waals surface area contributed by atoms with Gasteiger partial charge >= 0.3 is 0 Å². The molecule has 0 unspecified atom stereocenters. The van der Waals surface area contributed by atoms with Crippen LogP contribution in [0.4, 0.5) is 17.1 Å².